The molecule has 1 saturated carbocycles. The number of carboxylic acids is 1. The topological polar surface area (TPSA) is 83.5 Å². The number of aliphatic carboxylic acids is 1. The van der Waals surface area contributed by atoms with Crippen molar-refractivity contribution in [2.75, 3.05) is 5.75 Å². The molecular formula is C12H23NO4S. The Morgan fingerprint density at radius 1 is 1.39 bits per heavy atom. The molecule has 0 aromatic rings. The second-order valence-corrected chi connectivity index (χ2v) is 7.63. The van der Waals surface area contributed by atoms with Crippen LogP contribution in [0.25, 0.3) is 0 Å². The zero-order valence-electron chi connectivity index (χ0n) is 11.1. The van der Waals surface area contributed by atoms with Crippen LogP contribution in [0.5, 0.6) is 0 Å². The molecule has 1 rings (SSSR count). The third-order valence-corrected chi connectivity index (χ3v) is 5.05. The van der Waals surface area contributed by atoms with Crippen molar-refractivity contribution in [2.24, 2.45) is 5.92 Å². The minimum absolute atomic E-state index is 0.0296. The molecule has 0 radical (unpaired) electrons. The van der Waals surface area contributed by atoms with Crippen molar-refractivity contribution in [1.29, 1.82) is 0 Å². The lowest BCUT2D eigenvalue weighted by atomic mass is 9.84. The van der Waals surface area contributed by atoms with Gasteiger partial charge in [0, 0.05) is 12.0 Å². The van der Waals surface area contributed by atoms with E-state index in [2.05, 4.69) is 4.72 Å². The first-order valence-electron chi connectivity index (χ1n) is 6.44. The molecule has 6 heteroatoms. The fourth-order valence-electron chi connectivity index (χ4n) is 2.05. The number of carbonyl (C=O) groups is 1. The van der Waals surface area contributed by atoms with E-state index in [1.807, 2.05) is 0 Å². The maximum Gasteiger partial charge on any atom is 0.303 e. The molecule has 0 unspecified atom stereocenters. The Hall–Kier alpha value is -0.620. The Balaban J connectivity index is 2.39. The predicted octanol–water partition coefficient (Wildman–Crippen LogP) is 1.74. The molecule has 0 bridgehead atoms. The normalized spacial score (nSPS) is 17.4. The first-order chi connectivity index (χ1) is 8.20. The van der Waals surface area contributed by atoms with Gasteiger partial charge in [-0.05, 0) is 32.6 Å². The minimum atomic E-state index is -3.30. The van der Waals surface area contributed by atoms with Gasteiger partial charge in [0.2, 0.25) is 10.0 Å². The fraction of sp³-hybridized carbons (Fsp3) is 0.917. The number of nitrogens with one attached hydrogen (secondary N) is 1. The van der Waals surface area contributed by atoms with E-state index >= 15 is 0 Å². The zero-order chi connectivity index (χ0) is 13.8. The Morgan fingerprint density at radius 2 is 2.00 bits per heavy atom. The summed E-state index contributed by atoms with van der Waals surface area (Å²) < 4.78 is 26.4. The molecule has 1 aliphatic carbocycles. The summed E-state index contributed by atoms with van der Waals surface area (Å²) in [5.74, 6) is -0.200. The van der Waals surface area contributed by atoms with E-state index in [0.29, 0.717) is 18.8 Å². The van der Waals surface area contributed by atoms with Crippen LogP contribution in [0.4, 0.5) is 0 Å². The second kappa shape index (κ2) is 6.02. The standard InChI is InChI=1S/C12H23NO4S/c1-12(2,8-6-11(14)15)13-18(16,17)9-7-10-4-3-5-10/h10,13H,3-9H2,1-2H3,(H,14,15). The Morgan fingerprint density at radius 3 is 2.44 bits per heavy atom. The molecule has 2 N–H and O–H groups in total. The van der Waals surface area contributed by atoms with Crippen LogP contribution >= 0.6 is 0 Å². The first-order valence-corrected chi connectivity index (χ1v) is 8.09. The fourth-order valence-corrected chi connectivity index (χ4v) is 3.74. The summed E-state index contributed by atoms with van der Waals surface area (Å²) in [6, 6.07) is 0. The smallest absolute Gasteiger partial charge is 0.303 e. The summed E-state index contributed by atoms with van der Waals surface area (Å²) in [4.78, 5) is 10.5. The monoisotopic (exact) mass is 277 g/mol. The average Bonchev–Trinajstić information content (AvgIpc) is 2.10. The molecule has 0 saturated heterocycles. The zero-order valence-corrected chi connectivity index (χ0v) is 11.9. The van der Waals surface area contributed by atoms with Crippen molar-refractivity contribution in [3.05, 3.63) is 0 Å². The molecule has 0 amide bonds. The van der Waals surface area contributed by atoms with Crippen LogP contribution in [0, 0.1) is 5.92 Å². The number of hydrogen-bond acceptors (Lipinski definition) is 3. The summed E-state index contributed by atoms with van der Waals surface area (Å²) in [5.41, 5.74) is -0.698. The van der Waals surface area contributed by atoms with Crippen LogP contribution in [0.2, 0.25) is 0 Å². The molecule has 1 aliphatic rings. The summed E-state index contributed by atoms with van der Waals surface area (Å²) in [6.07, 6.45) is 4.46. The van der Waals surface area contributed by atoms with E-state index in [0.717, 1.165) is 12.8 Å². The van der Waals surface area contributed by atoms with Crippen LogP contribution in [-0.2, 0) is 14.8 Å². The lowest BCUT2D eigenvalue weighted by Crippen LogP contribution is -2.44. The maximum absolute atomic E-state index is 11.9. The third-order valence-electron chi connectivity index (χ3n) is 3.42. The number of rotatable bonds is 8. The molecule has 0 aliphatic heterocycles. The van der Waals surface area contributed by atoms with Crippen molar-refractivity contribution >= 4 is 16.0 Å². The predicted molar refractivity (Wildman–Crippen MR) is 69.8 cm³/mol. The van der Waals surface area contributed by atoms with Gasteiger partial charge in [-0.15, -0.1) is 0 Å². The first kappa shape index (κ1) is 15.4. The Kier molecular flexibility index (Phi) is 5.16. The average molecular weight is 277 g/mol. The van der Waals surface area contributed by atoms with Gasteiger partial charge in [-0.3, -0.25) is 4.79 Å². The highest BCUT2D eigenvalue weighted by Gasteiger charge is 2.27. The molecule has 106 valence electrons. The van der Waals surface area contributed by atoms with Gasteiger partial charge >= 0.3 is 5.97 Å². The van der Waals surface area contributed by atoms with Gasteiger partial charge in [0.1, 0.15) is 0 Å². The van der Waals surface area contributed by atoms with Gasteiger partial charge in [0.25, 0.3) is 0 Å². The van der Waals surface area contributed by atoms with Crippen LogP contribution < -0.4 is 4.72 Å². The molecule has 0 spiro atoms. The van der Waals surface area contributed by atoms with Crippen molar-refractivity contribution in [2.45, 2.75) is 57.9 Å². The van der Waals surface area contributed by atoms with Gasteiger partial charge < -0.3 is 5.11 Å². The number of hydrogen-bond donors (Lipinski definition) is 2. The highest BCUT2D eigenvalue weighted by Crippen LogP contribution is 2.29. The summed E-state index contributed by atoms with van der Waals surface area (Å²) in [5, 5.41) is 8.61. The lowest BCUT2D eigenvalue weighted by molar-refractivity contribution is -0.137. The van der Waals surface area contributed by atoms with E-state index in [9.17, 15) is 13.2 Å². The molecular weight excluding hydrogens is 254 g/mol. The number of carboxylic acid groups (broad SMARTS) is 1. The van der Waals surface area contributed by atoms with Gasteiger partial charge in [-0.1, -0.05) is 19.3 Å². The summed E-state index contributed by atoms with van der Waals surface area (Å²) in [7, 11) is -3.30. The number of sulfonamides is 1. The van der Waals surface area contributed by atoms with E-state index in [-0.39, 0.29) is 12.2 Å². The summed E-state index contributed by atoms with van der Waals surface area (Å²) >= 11 is 0. The molecule has 1 fully saturated rings. The maximum atomic E-state index is 11.9. The van der Waals surface area contributed by atoms with E-state index < -0.39 is 21.5 Å². The van der Waals surface area contributed by atoms with Crippen molar-refractivity contribution in [3.63, 3.8) is 0 Å². The van der Waals surface area contributed by atoms with Crippen molar-refractivity contribution in [3.8, 4) is 0 Å². The highest BCUT2D eigenvalue weighted by atomic mass is 32.2. The van der Waals surface area contributed by atoms with E-state index in [1.54, 1.807) is 13.8 Å². The van der Waals surface area contributed by atoms with Crippen LogP contribution in [0.15, 0.2) is 0 Å². The van der Waals surface area contributed by atoms with Crippen LogP contribution in [-0.4, -0.2) is 30.8 Å². The van der Waals surface area contributed by atoms with Crippen LogP contribution in [0.3, 0.4) is 0 Å². The molecule has 0 aromatic heterocycles. The molecule has 18 heavy (non-hydrogen) atoms. The second-order valence-electron chi connectivity index (χ2n) is 5.78. The SMILES string of the molecule is CC(C)(CCC(=O)O)NS(=O)(=O)CCC1CCC1. The Bertz CT molecular complexity index is 385. The molecule has 5 nitrogen and oxygen atoms in total. The van der Waals surface area contributed by atoms with Gasteiger partial charge in [-0.2, -0.15) is 0 Å². The lowest BCUT2D eigenvalue weighted by Gasteiger charge is -2.28. The van der Waals surface area contributed by atoms with E-state index in [1.165, 1.54) is 6.42 Å². The third kappa shape index (κ3) is 5.82. The van der Waals surface area contributed by atoms with Crippen LogP contribution in [0.1, 0.15) is 52.4 Å². The molecule has 0 atom stereocenters. The van der Waals surface area contributed by atoms with Crippen molar-refractivity contribution in [1.82, 2.24) is 4.72 Å². The quantitative estimate of drug-likeness (QED) is 0.708. The van der Waals surface area contributed by atoms with Gasteiger partial charge in [-0.25, -0.2) is 13.1 Å². The minimum Gasteiger partial charge on any atom is -0.481 e. The van der Waals surface area contributed by atoms with Gasteiger partial charge in [0.15, 0.2) is 0 Å². The molecule has 0 aromatic carbocycles. The van der Waals surface area contributed by atoms with E-state index in [4.69, 9.17) is 5.11 Å². The largest absolute Gasteiger partial charge is 0.481 e. The molecule has 0 heterocycles. The Labute approximate surface area is 109 Å². The highest BCUT2D eigenvalue weighted by molar-refractivity contribution is 7.89. The van der Waals surface area contributed by atoms with Crippen molar-refractivity contribution < 1.29 is 18.3 Å². The summed E-state index contributed by atoms with van der Waals surface area (Å²) in [6.45, 7) is 3.44. The van der Waals surface area contributed by atoms with Gasteiger partial charge in [0.05, 0.1) is 5.75 Å².